The van der Waals surface area contributed by atoms with E-state index in [1.54, 1.807) is 12.0 Å². The lowest BCUT2D eigenvalue weighted by Gasteiger charge is -2.31. The fourth-order valence-corrected chi connectivity index (χ4v) is 3.00. The summed E-state index contributed by atoms with van der Waals surface area (Å²) in [7, 11) is 1.58. The molecule has 0 unspecified atom stereocenters. The Hall–Kier alpha value is -2.50. The van der Waals surface area contributed by atoms with Gasteiger partial charge in [0.25, 0.3) is 5.91 Å². The second-order valence-electron chi connectivity index (χ2n) is 5.74. The van der Waals surface area contributed by atoms with Gasteiger partial charge in [0, 0.05) is 18.7 Å². The molecule has 1 saturated heterocycles. The molecule has 0 aliphatic carbocycles. The van der Waals surface area contributed by atoms with E-state index in [2.05, 4.69) is 0 Å². The van der Waals surface area contributed by atoms with Crippen molar-refractivity contribution in [2.24, 2.45) is 5.92 Å². The van der Waals surface area contributed by atoms with E-state index in [0.29, 0.717) is 43.0 Å². The Balaban J connectivity index is 1.74. The van der Waals surface area contributed by atoms with E-state index in [1.807, 2.05) is 24.3 Å². The zero-order chi connectivity index (χ0) is 16.4. The molecule has 1 amide bonds. The minimum atomic E-state index is -0.779. The Morgan fingerprint density at radius 2 is 2.04 bits per heavy atom. The minimum Gasteiger partial charge on any atom is -0.493 e. The topological polar surface area (TPSA) is 76.1 Å². The van der Waals surface area contributed by atoms with Gasteiger partial charge in [-0.15, -0.1) is 0 Å². The average Bonchev–Trinajstić information content (AvgIpc) is 2.60. The molecule has 0 atom stereocenters. The Bertz CT molecular complexity index is 659. The van der Waals surface area contributed by atoms with Gasteiger partial charge in [0.15, 0.2) is 11.5 Å². The Kier molecular flexibility index (Phi) is 4.23. The quantitative estimate of drug-likeness (QED) is 0.920. The molecule has 0 radical (unpaired) electrons. The number of rotatable bonds is 3. The summed E-state index contributed by atoms with van der Waals surface area (Å²) in [6.07, 6.45) is 2.83. The zero-order valence-electron chi connectivity index (χ0n) is 12.9. The number of carboxylic acids is 1. The summed E-state index contributed by atoms with van der Waals surface area (Å²) in [6, 6.07) is 5.54. The molecule has 2 aliphatic rings. The lowest BCUT2D eigenvalue weighted by Crippen LogP contribution is -2.41. The van der Waals surface area contributed by atoms with Gasteiger partial charge in [0.2, 0.25) is 0 Å². The maximum Gasteiger partial charge on any atom is 0.306 e. The highest BCUT2D eigenvalue weighted by molar-refractivity contribution is 5.99. The molecule has 0 bridgehead atoms. The Morgan fingerprint density at radius 3 is 2.70 bits per heavy atom. The van der Waals surface area contributed by atoms with Gasteiger partial charge in [-0.05, 0) is 25.0 Å². The molecule has 1 N–H and O–H groups in total. The van der Waals surface area contributed by atoms with Crippen LogP contribution in [-0.2, 0) is 9.59 Å². The largest absolute Gasteiger partial charge is 0.493 e. The van der Waals surface area contributed by atoms with Gasteiger partial charge in [0.1, 0.15) is 6.61 Å². The fraction of sp³-hybridized carbons (Fsp3) is 0.412. The van der Waals surface area contributed by atoms with Crippen LogP contribution in [0.25, 0.3) is 6.08 Å². The molecule has 0 saturated carbocycles. The number of carbonyl (C=O) groups is 2. The van der Waals surface area contributed by atoms with Crippen LogP contribution < -0.4 is 9.47 Å². The van der Waals surface area contributed by atoms with Gasteiger partial charge >= 0.3 is 5.97 Å². The molecule has 2 aliphatic heterocycles. The number of para-hydroxylation sites is 1. The second-order valence-corrected chi connectivity index (χ2v) is 5.74. The number of methoxy groups -OCH3 is 1. The number of carboxylic acid groups (broad SMARTS) is 1. The molecule has 0 spiro atoms. The number of ether oxygens (including phenoxy) is 2. The predicted octanol–water partition coefficient (Wildman–Crippen LogP) is 1.79. The lowest BCUT2D eigenvalue weighted by atomic mass is 9.96. The van der Waals surface area contributed by atoms with E-state index in [4.69, 9.17) is 14.6 Å². The number of carbonyl (C=O) groups excluding carboxylic acids is 1. The third-order valence-corrected chi connectivity index (χ3v) is 4.34. The predicted molar refractivity (Wildman–Crippen MR) is 83.4 cm³/mol. The average molecular weight is 317 g/mol. The summed E-state index contributed by atoms with van der Waals surface area (Å²) in [5.41, 5.74) is 1.40. The third kappa shape index (κ3) is 3.02. The van der Waals surface area contributed by atoms with Gasteiger partial charge in [-0.3, -0.25) is 9.59 Å². The maximum absolute atomic E-state index is 12.6. The Morgan fingerprint density at radius 1 is 1.30 bits per heavy atom. The molecular formula is C17H19NO5. The first kappa shape index (κ1) is 15.4. The smallest absolute Gasteiger partial charge is 0.306 e. The van der Waals surface area contributed by atoms with Crippen molar-refractivity contribution in [1.29, 1.82) is 0 Å². The first-order valence-electron chi connectivity index (χ1n) is 7.62. The van der Waals surface area contributed by atoms with Crippen LogP contribution >= 0.6 is 0 Å². The number of piperidine rings is 1. The summed E-state index contributed by atoms with van der Waals surface area (Å²) >= 11 is 0. The highest BCUT2D eigenvalue weighted by Crippen LogP contribution is 2.36. The first-order valence-corrected chi connectivity index (χ1v) is 7.62. The van der Waals surface area contributed by atoms with Crippen LogP contribution in [0.4, 0.5) is 0 Å². The number of amides is 1. The van der Waals surface area contributed by atoms with Crippen molar-refractivity contribution in [3.05, 3.63) is 29.3 Å². The SMILES string of the molecule is COc1cccc2c1OCC(C(=O)N1CCC(C(=O)O)CC1)=C2. The van der Waals surface area contributed by atoms with E-state index >= 15 is 0 Å². The van der Waals surface area contributed by atoms with Crippen molar-refractivity contribution in [3.63, 3.8) is 0 Å². The second kappa shape index (κ2) is 6.32. The van der Waals surface area contributed by atoms with Crippen molar-refractivity contribution in [2.45, 2.75) is 12.8 Å². The van der Waals surface area contributed by atoms with E-state index in [0.717, 1.165) is 5.56 Å². The minimum absolute atomic E-state index is 0.0812. The van der Waals surface area contributed by atoms with Crippen LogP contribution in [0.3, 0.4) is 0 Å². The molecule has 6 heteroatoms. The van der Waals surface area contributed by atoms with Crippen LogP contribution in [0.1, 0.15) is 18.4 Å². The van der Waals surface area contributed by atoms with Crippen LogP contribution in [0.5, 0.6) is 11.5 Å². The van der Waals surface area contributed by atoms with E-state index < -0.39 is 5.97 Å². The van der Waals surface area contributed by atoms with Crippen LogP contribution in [0.15, 0.2) is 23.8 Å². The first-order chi connectivity index (χ1) is 11.1. The molecule has 6 nitrogen and oxygen atoms in total. The zero-order valence-corrected chi connectivity index (χ0v) is 12.9. The van der Waals surface area contributed by atoms with E-state index in [-0.39, 0.29) is 18.4 Å². The van der Waals surface area contributed by atoms with Crippen molar-refractivity contribution >= 4 is 18.0 Å². The van der Waals surface area contributed by atoms with Gasteiger partial charge < -0.3 is 19.5 Å². The van der Waals surface area contributed by atoms with Crippen LogP contribution in [0.2, 0.25) is 0 Å². The summed E-state index contributed by atoms with van der Waals surface area (Å²) in [5.74, 6) is 0.0879. The maximum atomic E-state index is 12.6. The molecule has 1 aromatic rings. The van der Waals surface area contributed by atoms with Crippen molar-refractivity contribution in [1.82, 2.24) is 4.90 Å². The molecular weight excluding hydrogens is 298 g/mol. The van der Waals surface area contributed by atoms with Gasteiger partial charge in [-0.25, -0.2) is 0 Å². The van der Waals surface area contributed by atoms with Gasteiger partial charge in [-0.2, -0.15) is 0 Å². The number of nitrogens with zero attached hydrogens (tertiary/aromatic N) is 1. The summed E-state index contributed by atoms with van der Waals surface area (Å²) in [4.78, 5) is 25.3. The summed E-state index contributed by atoms with van der Waals surface area (Å²) < 4.78 is 10.9. The third-order valence-electron chi connectivity index (χ3n) is 4.34. The molecule has 1 fully saturated rings. The van der Waals surface area contributed by atoms with Crippen LogP contribution in [-0.4, -0.2) is 48.7 Å². The number of aliphatic carboxylic acids is 1. The molecule has 1 aromatic carbocycles. The van der Waals surface area contributed by atoms with E-state index in [1.165, 1.54) is 0 Å². The number of likely N-dealkylation sites (tertiary alicyclic amines) is 1. The van der Waals surface area contributed by atoms with Crippen molar-refractivity contribution in [2.75, 3.05) is 26.8 Å². The van der Waals surface area contributed by atoms with Crippen molar-refractivity contribution < 1.29 is 24.2 Å². The lowest BCUT2D eigenvalue weighted by molar-refractivity contribution is -0.145. The number of hydrogen-bond donors (Lipinski definition) is 1. The van der Waals surface area contributed by atoms with Crippen molar-refractivity contribution in [3.8, 4) is 11.5 Å². The standard InChI is InChI=1S/C17H19NO5/c1-22-14-4-2-3-12-9-13(10-23-15(12)14)16(19)18-7-5-11(6-8-18)17(20)21/h2-4,9,11H,5-8,10H2,1H3,(H,20,21). The summed E-state index contributed by atoms with van der Waals surface area (Å²) in [5, 5.41) is 9.02. The van der Waals surface area contributed by atoms with Gasteiger partial charge in [-0.1, -0.05) is 12.1 Å². The number of benzene rings is 1. The van der Waals surface area contributed by atoms with Crippen LogP contribution in [0, 0.1) is 5.92 Å². The summed E-state index contributed by atoms with van der Waals surface area (Å²) in [6.45, 7) is 1.14. The highest BCUT2D eigenvalue weighted by atomic mass is 16.5. The normalized spacial score (nSPS) is 17.8. The highest BCUT2D eigenvalue weighted by Gasteiger charge is 2.29. The molecule has 0 aromatic heterocycles. The fourth-order valence-electron chi connectivity index (χ4n) is 3.00. The van der Waals surface area contributed by atoms with Gasteiger partial charge in [0.05, 0.1) is 18.6 Å². The molecule has 122 valence electrons. The monoisotopic (exact) mass is 317 g/mol. The Labute approximate surface area is 134 Å². The number of fused-ring (bicyclic) bond motifs is 1. The molecule has 23 heavy (non-hydrogen) atoms. The van der Waals surface area contributed by atoms with E-state index in [9.17, 15) is 9.59 Å². The molecule has 2 heterocycles. The molecule has 3 rings (SSSR count). The number of hydrogen-bond acceptors (Lipinski definition) is 4.